The molecule has 0 aliphatic rings. The molecule has 2 heterocycles. The summed E-state index contributed by atoms with van der Waals surface area (Å²) in [4.78, 5) is 16.2. The molecule has 0 bridgehead atoms. The van der Waals surface area contributed by atoms with Gasteiger partial charge in [0, 0.05) is 11.8 Å². The molecule has 0 saturated carbocycles. The number of nitrogens with one attached hydrogen (secondary N) is 1. The quantitative estimate of drug-likeness (QED) is 0.780. The number of carbonyl (C=O) groups excluding carboxylic acids is 1. The molecule has 0 aliphatic carbocycles. The van der Waals surface area contributed by atoms with Crippen LogP contribution in [0.3, 0.4) is 0 Å². The van der Waals surface area contributed by atoms with Gasteiger partial charge in [-0.25, -0.2) is 9.37 Å². The predicted molar refractivity (Wildman–Crippen MR) is 77.2 cm³/mol. The molecule has 0 fully saturated rings. The Bertz CT molecular complexity index is 800. The maximum absolute atomic E-state index is 13.1. The highest BCUT2D eigenvalue weighted by Crippen LogP contribution is 2.17. The van der Waals surface area contributed by atoms with Crippen LogP contribution in [0.1, 0.15) is 10.4 Å². The van der Waals surface area contributed by atoms with Gasteiger partial charge in [-0.15, -0.1) is 0 Å². The van der Waals surface area contributed by atoms with Crippen molar-refractivity contribution in [3.8, 4) is 0 Å². The minimum atomic E-state index is -0.439. The topological polar surface area (TPSA) is 46.4 Å². The molecule has 2 aromatic heterocycles. The van der Waals surface area contributed by atoms with E-state index >= 15 is 0 Å². The maximum atomic E-state index is 13.1. The van der Waals surface area contributed by atoms with Crippen molar-refractivity contribution in [2.45, 2.75) is 0 Å². The highest BCUT2D eigenvalue weighted by atomic mass is 79.9. The number of amides is 1. The van der Waals surface area contributed by atoms with E-state index < -0.39 is 5.82 Å². The summed E-state index contributed by atoms with van der Waals surface area (Å²) in [5, 5.41) is 2.72. The van der Waals surface area contributed by atoms with E-state index in [1.54, 1.807) is 35.0 Å². The lowest BCUT2D eigenvalue weighted by Gasteiger charge is -2.06. The second kappa shape index (κ2) is 5.05. The van der Waals surface area contributed by atoms with Crippen LogP contribution in [0.25, 0.3) is 5.65 Å². The van der Waals surface area contributed by atoms with E-state index in [0.29, 0.717) is 5.69 Å². The maximum Gasteiger partial charge on any atom is 0.255 e. The van der Waals surface area contributed by atoms with Crippen LogP contribution in [0.2, 0.25) is 0 Å². The molecule has 0 spiro atoms. The van der Waals surface area contributed by atoms with Crippen LogP contribution in [-0.2, 0) is 0 Å². The molecule has 100 valence electrons. The van der Waals surface area contributed by atoms with E-state index in [9.17, 15) is 9.18 Å². The van der Waals surface area contributed by atoms with Crippen LogP contribution in [-0.4, -0.2) is 15.3 Å². The fourth-order valence-electron chi connectivity index (χ4n) is 1.86. The average molecular weight is 334 g/mol. The Balaban J connectivity index is 1.89. The SMILES string of the molecule is O=C(Nc1ccc2ncc(Br)n2c1)c1cccc(F)c1. The van der Waals surface area contributed by atoms with E-state index in [1.807, 2.05) is 0 Å². The van der Waals surface area contributed by atoms with Gasteiger partial charge in [-0.05, 0) is 46.3 Å². The van der Waals surface area contributed by atoms with Crippen LogP contribution in [0.4, 0.5) is 10.1 Å². The Morgan fingerprint density at radius 1 is 1.30 bits per heavy atom. The van der Waals surface area contributed by atoms with Crippen molar-refractivity contribution in [3.63, 3.8) is 0 Å². The van der Waals surface area contributed by atoms with Crippen LogP contribution < -0.4 is 5.32 Å². The monoisotopic (exact) mass is 333 g/mol. The van der Waals surface area contributed by atoms with Gasteiger partial charge in [0.15, 0.2) is 0 Å². The van der Waals surface area contributed by atoms with Crippen LogP contribution in [0.5, 0.6) is 0 Å². The van der Waals surface area contributed by atoms with Gasteiger partial charge in [0.1, 0.15) is 16.1 Å². The van der Waals surface area contributed by atoms with Crippen molar-refractivity contribution in [3.05, 3.63) is 64.8 Å². The molecule has 0 saturated heterocycles. The third-order valence-corrected chi connectivity index (χ3v) is 3.39. The minimum absolute atomic E-state index is 0.273. The zero-order chi connectivity index (χ0) is 14.1. The van der Waals surface area contributed by atoms with Crippen molar-refractivity contribution in [2.24, 2.45) is 0 Å². The number of hydrogen-bond donors (Lipinski definition) is 1. The smallest absolute Gasteiger partial charge is 0.255 e. The number of carbonyl (C=O) groups is 1. The number of imidazole rings is 1. The summed E-state index contributed by atoms with van der Waals surface area (Å²) >= 11 is 3.36. The van der Waals surface area contributed by atoms with Gasteiger partial charge in [0.25, 0.3) is 5.91 Å². The first-order valence-electron chi connectivity index (χ1n) is 5.83. The number of hydrogen-bond acceptors (Lipinski definition) is 2. The molecular formula is C14H9BrFN3O. The van der Waals surface area contributed by atoms with Gasteiger partial charge < -0.3 is 5.32 Å². The highest BCUT2D eigenvalue weighted by molar-refractivity contribution is 9.10. The summed E-state index contributed by atoms with van der Waals surface area (Å²) in [6.07, 6.45) is 3.41. The van der Waals surface area contributed by atoms with Crippen LogP contribution >= 0.6 is 15.9 Å². The summed E-state index contributed by atoms with van der Waals surface area (Å²) in [5.41, 5.74) is 1.64. The first-order chi connectivity index (χ1) is 9.63. The Kier molecular flexibility index (Phi) is 3.23. The number of nitrogens with zero attached hydrogens (tertiary/aromatic N) is 2. The lowest BCUT2D eigenvalue weighted by Crippen LogP contribution is -2.12. The fourth-order valence-corrected chi connectivity index (χ4v) is 2.24. The molecule has 20 heavy (non-hydrogen) atoms. The largest absolute Gasteiger partial charge is 0.321 e. The zero-order valence-electron chi connectivity index (χ0n) is 10.2. The number of aromatic nitrogens is 2. The molecule has 1 N–H and O–H groups in total. The van der Waals surface area contributed by atoms with Crippen molar-refractivity contribution >= 4 is 33.2 Å². The number of anilines is 1. The second-order valence-electron chi connectivity index (χ2n) is 4.19. The summed E-state index contributed by atoms with van der Waals surface area (Å²) < 4.78 is 15.7. The molecule has 0 atom stereocenters. The summed E-state index contributed by atoms with van der Waals surface area (Å²) in [6.45, 7) is 0. The van der Waals surface area contributed by atoms with Crippen molar-refractivity contribution in [1.29, 1.82) is 0 Å². The van der Waals surface area contributed by atoms with Crippen molar-refractivity contribution in [1.82, 2.24) is 9.38 Å². The van der Waals surface area contributed by atoms with E-state index in [-0.39, 0.29) is 11.5 Å². The predicted octanol–water partition coefficient (Wildman–Crippen LogP) is 3.49. The van der Waals surface area contributed by atoms with Crippen LogP contribution in [0.15, 0.2) is 53.4 Å². The number of benzene rings is 1. The van der Waals surface area contributed by atoms with Gasteiger partial charge in [-0.2, -0.15) is 0 Å². The molecule has 0 aliphatic heterocycles. The number of rotatable bonds is 2. The van der Waals surface area contributed by atoms with Gasteiger partial charge in [-0.3, -0.25) is 9.20 Å². The molecular weight excluding hydrogens is 325 g/mol. The molecule has 1 aromatic carbocycles. The van der Waals surface area contributed by atoms with E-state index in [0.717, 1.165) is 10.3 Å². The molecule has 6 heteroatoms. The normalized spacial score (nSPS) is 10.7. The Hall–Kier alpha value is -2.21. The van der Waals surface area contributed by atoms with Gasteiger partial charge >= 0.3 is 0 Å². The fraction of sp³-hybridized carbons (Fsp3) is 0. The molecule has 0 unspecified atom stereocenters. The molecule has 3 aromatic rings. The van der Waals surface area contributed by atoms with E-state index in [1.165, 1.54) is 18.2 Å². The third-order valence-electron chi connectivity index (χ3n) is 2.81. The van der Waals surface area contributed by atoms with Gasteiger partial charge in [0.05, 0.1) is 11.9 Å². The molecule has 4 nitrogen and oxygen atoms in total. The Morgan fingerprint density at radius 3 is 2.95 bits per heavy atom. The average Bonchev–Trinajstić information content (AvgIpc) is 2.80. The van der Waals surface area contributed by atoms with Crippen molar-refractivity contribution < 1.29 is 9.18 Å². The van der Waals surface area contributed by atoms with Gasteiger partial charge in [0.2, 0.25) is 0 Å². The van der Waals surface area contributed by atoms with E-state index in [2.05, 4.69) is 26.2 Å². The lowest BCUT2D eigenvalue weighted by molar-refractivity contribution is 0.102. The Morgan fingerprint density at radius 2 is 2.15 bits per heavy atom. The molecule has 3 rings (SSSR count). The number of fused-ring (bicyclic) bond motifs is 1. The highest BCUT2D eigenvalue weighted by Gasteiger charge is 2.08. The lowest BCUT2D eigenvalue weighted by atomic mass is 10.2. The summed E-state index contributed by atoms with van der Waals surface area (Å²) in [5.74, 6) is -0.800. The molecule has 0 radical (unpaired) electrons. The standard InChI is InChI=1S/C14H9BrFN3O/c15-12-7-17-13-5-4-11(8-19(12)13)18-14(20)9-2-1-3-10(16)6-9/h1-8H,(H,18,20). The Labute approximate surface area is 122 Å². The summed E-state index contributed by atoms with van der Waals surface area (Å²) in [6, 6.07) is 9.08. The van der Waals surface area contributed by atoms with Gasteiger partial charge in [-0.1, -0.05) is 6.07 Å². The minimum Gasteiger partial charge on any atom is -0.321 e. The first-order valence-corrected chi connectivity index (χ1v) is 6.62. The van der Waals surface area contributed by atoms with Crippen molar-refractivity contribution in [2.75, 3.05) is 5.32 Å². The molecule has 1 amide bonds. The second-order valence-corrected chi connectivity index (χ2v) is 5.00. The van der Waals surface area contributed by atoms with Crippen LogP contribution in [0, 0.1) is 5.82 Å². The van der Waals surface area contributed by atoms with E-state index in [4.69, 9.17) is 0 Å². The zero-order valence-corrected chi connectivity index (χ0v) is 11.8. The number of pyridine rings is 1. The third kappa shape index (κ3) is 2.42. The number of halogens is 2. The summed E-state index contributed by atoms with van der Waals surface area (Å²) in [7, 11) is 0. The first kappa shape index (κ1) is 12.8.